The lowest BCUT2D eigenvalue weighted by Crippen LogP contribution is -2.65. The largest absolute Gasteiger partial charge is 0.393 e. The van der Waals surface area contributed by atoms with Crippen LogP contribution in [0, 0.1) is 90.7 Å². The SMILES string of the molecule is CC(C)[C@@H](O)C[C@@H](C)C1=C2C[C@H](O)[C@H]3[C@@]4(C)CCC(=O)C(C)(C)[C@@H]4CC[C@]3(C)[C@@]2(C)CC1.CC(C)[C@@H](O)C[C@@H](C)C1=C2C[C@H](O)[C@H]3[C@@]4(C)CCC(=O)C(C)(C)[C@@H]4CC[C@]3(C)[C@@]2(C)CC1. The fourth-order valence-corrected chi connectivity index (χ4v) is 18.9. The van der Waals surface area contributed by atoms with Crippen molar-refractivity contribution in [3.8, 4) is 0 Å². The molecule has 8 aliphatic carbocycles. The lowest BCUT2D eigenvalue weighted by Gasteiger charge is -2.69. The number of ketones is 2. The highest BCUT2D eigenvalue weighted by Crippen LogP contribution is 2.76. The fraction of sp³-hybridized carbons (Fsp3) is 0.897. The average Bonchev–Trinajstić information content (AvgIpc) is 3.72. The maximum Gasteiger partial charge on any atom is 0.138 e. The molecule has 4 N–H and O–H groups in total. The fourth-order valence-electron chi connectivity index (χ4n) is 18.9. The molecular formula is C58H96O6. The standard InChI is InChI=1S/2C29H48O3/c2*1-17(2)21(30)15-18(3)19-9-13-28(7)20(19)16-22(31)25-27(6)12-11-24(32)26(4,5)23(27)10-14-29(25,28)8/h2*17-18,21-23,25,30-31H,9-16H2,1-8H3/t2*18-,21+,22+,23+,25+,27+,28+,29+/m11/s1. The molecule has 0 spiro atoms. The zero-order valence-electron chi connectivity index (χ0n) is 43.8. The van der Waals surface area contributed by atoms with Crippen molar-refractivity contribution >= 4 is 11.6 Å². The Balaban J connectivity index is 0.000000191. The molecule has 6 saturated carbocycles. The Hall–Kier alpha value is -1.34. The molecule has 0 aromatic heterocycles. The monoisotopic (exact) mass is 889 g/mol. The van der Waals surface area contributed by atoms with Crippen LogP contribution in [0.15, 0.2) is 22.3 Å². The van der Waals surface area contributed by atoms with Crippen LogP contribution in [0.25, 0.3) is 0 Å². The van der Waals surface area contributed by atoms with Gasteiger partial charge in [-0.15, -0.1) is 0 Å². The van der Waals surface area contributed by atoms with Crippen molar-refractivity contribution in [2.45, 2.75) is 238 Å². The van der Waals surface area contributed by atoms with E-state index in [9.17, 15) is 30.0 Å². The average molecular weight is 889 g/mol. The molecule has 0 bridgehead atoms. The van der Waals surface area contributed by atoms with Crippen molar-refractivity contribution in [3.05, 3.63) is 22.3 Å². The van der Waals surface area contributed by atoms with Crippen molar-refractivity contribution in [2.75, 3.05) is 0 Å². The number of aliphatic hydroxyl groups excluding tert-OH is 4. The number of hydrogen-bond acceptors (Lipinski definition) is 6. The van der Waals surface area contributed by atoms with Crippen LogP contribution in [0.3, 0.4) is 0 Å². The summed E-state index contributed by atoms with van der Waals surface area (Å²) in [6.07, 6.45) is 14.1. The molecule has 8 aliphatic rings. The first-order valence-corrected chi connectivity index (χ1v) is 26.6. The minimum atomic E-state index is -0.338. The van der Waals surface area contributed by atoms with Crippen LogP contribution in [-0.4, -0.2) is 56.4 Å². The second kappa shape index (κ2) is 16.7. The van der Waals surface area contributed by atoms with Crippen LogP contribution in [-0.2, 0) is 9.59 Å². The molecule has 0 aromatic carbocycles. The molecule has 0 heterocycles. The van der Waals surface area contributed by atoms with Crippen LogP contribution in [0.4, 0.5) is 0 Å². The van der Waals surface area contributed by atoms with Gasteiger partial charge in [0.15, 0.2) is 0 Å². The smallest absolute Gasteiger partial charge is 0.138 e. The van der Waals surface area contributed by atoms with Gasteiger partial charge in [-0.25, -0.2) is 0 Å². The molecule has 0 aromatic rings. The first kappa shape index (κ1) is 50.5. The van der Waals surface area contributed by atoms with Gasteiger partial charge in [0, 0.05) is 23.7 Å². The Morgan fingerprint density at radius 2 is 0.828 bits per heavy atom. The summed E-state index contributed by atoms with van der Waals surface area (Å²) in [5.74, 6) is 3.34. The van der Waals surface area contributed by atoms with Gasteiger partial charge in [0.2, 0.25) is 0 Å². The lowest BCUT2D eigenvalue weighted by atomic mass is 9.36. The van der Waals surface area contributed by atoms with E-state index in [1.165, 1.54) is 35.1 Å². The molecule has 6 fully saturated rings. The number of allylic oxidation sites excluding steroid dienone is 2. The lowest BCUT2D eigenvalue weighted by molar-refractivity contribution is -0.208. The molecule has 6 nitrogen and oxygen atoms in total. The predicted octanol–water partition coefficient (Wildman–Crippen LogP) is 12.6. The molecule has 0 amide bonds. The van der Waals surface area contributed by atoms with Crippen LogP contribution in [0.1, 0.15) is 214 Å². The third kappa shape index (κ3) is 7.24. The van der Waals surface area contributed by atoms with E-state index in [2.05, 4.69) is 111 Å². The van der Waals surface area contributed by atoms with E-state index in [-0.39, 0.29) is 91.4 Å². The van der Waals surface area contributed by atoms with Crippen molar-refractivity contribution < 1.29 is 30.0 Å². The summed E-state index contributed by atoms with van der Waals surface area (Å²) >= 11 is 0. The summed E-state index contributed by atoms with van der Waals surface area (Å²) in [5, 5.41) is 44.6. The van der Waals surface area contributed by atoms with Crippen LogP contribution in [0.5, 0.6) is 0 Å². The molecular weight excluding hydrogens is 793 g/mol. The minimum Gasteiger partial charge on any atom is -0.393 e. The quantitative estimate of drug-likeness (QED) is 0.181. The zero-order chi connectivity index (χ0) is 47.7. The van der Waals surface area contributed by atoms with E-state index >= 15 is 0 Å². The summed E-state index contributed by atoms with van der Waals surface area (Å²) in [6, 6.07) is 0. The summed E-state index contributed by atoms with van der Waals surface area (Å²) in [4.78, 5) is 25.7. The highest BCUT2D eigenvalue weighted by Gasteiger charge is 2.71. The van der Waals surface area contributed by atoms with E-state index in [0.29, 0.717) is 48.1 Å². The van der Waals surface area contributed by atoms with Gasteiger partial charge in [-0.3, -0.25) is 9.59 Å². The molecule has 0 aliphatic heterocycles. The topological polar surface area (TPSA) is 115 Å². The molecule has 16 atom stereocenters. The normalized spacial score (nSPS) is 45.3. The second-order valence-electron chi connectivity index (χ2n) is 27.4. The van der Waals surface area contributed by atoms with Crippen molar-refractivity contribution in [2.24, 2.45) is 90.7 Å². The number of hydrogen-bond donors (Lipinski definition) is 4. The highest BCUT2D eigenvalue weighted by atomic mass is 16.3. The highest BCUT2D eigenvalue weighted by molar-refractivity contribution is 5.86. The van der Waals surface area contributed by atoms with Gasteiger partial charge in [-0.05, 0) is 170 Å². The first-order valence-electron chi connectivity index (χ1n) is 26.6. The Bertz CT molecular complexity index is 1750. The summed E-state index contributed by atoms with van der Waals surface area (Å²) in [6.45, 7) is 36.4. The molecule has 0 saturated heterocycles. The molecule has 64 heavy (non-hydrogen) atoms. The van der Waals surface area contributed by atoms with Gasteiger partial charge in [0.1, 0.15) is 11.6 Å². The molecule has 8 rings (SSSR count). The van der Waals surface area contributed by atoms with Crippen molar-refractivity contribution in [1.82, 2.24) is 0 Å². The third-order valence-electron chi connectivity index (χ3n) is 23.2. The Morgan fingerprint density at radius 3 is 1.14 bits per heavy atom. The van der Waals surface area contributed by atoms with Crippen LogP contribution >= 0.6 is 0 Å². The van der Waals surface area contributed by atoms with E-state index in [1.807, 2.05) is 0 Å². The van der Waals surface area contributed by atoms with Gasteiger partial charge in [0.05, 0.1) is 24.4 Å². The molecule has 364 valence electrons. The van der Waals surface area contributed by atoms with E-state index in [0.717, 1.165) is 77.0 Å². The summed E-state index contributed by atoms with van der Waals surface area (Å²) < 4.78 is 0. The zero-order valence-corrected chi connectivity index (χ0v) is 43.8. The Labute approximate surface area is 391 Å². The van der Waals surface area contributed by atoms with Gasteiger partial charge >= 0.3 is 0 Å². The second-order valence-corrected chi connectivity index (χ2v) is 27.4. The van der Waals surface area contributed by atoms with Gasteiger partial charge in [0.25, 0.3) is 0 Å². The van der Waals surface area contributed by atoms with Crippen molar-refractivity contribution in [3.63, 3.8) is 0 Å². The van der Waals surface area contributed by atoms with Crippen LogP contribution < -0.4 is 0 Å². The van der Waals surface area contributed by atoms with E-state index in [1.54, 1.807) is 0 Å². The number of carbonyl (C=O) groups is 2. The van der Waals surface area contributed by atoms with Gasteiger partial charge in [-0.2, -0.15) is 0 Å². The maximum absolute atomic E-state index is 12.8. The predicted molar refractivity (Wildman–Crippen MR) is 260 cm³/mol. The third-order valence-corrected chi connectivity index (χ3v) is 23.2. The Morgan fingerprint density at radius 1 is 0.500 bits per heavy atom. The number of fused-ring (bicyclic) bond motifs is 10. The van der Waals surface area contributed by atoms with Crippen LogP contribution in [0.2, 0.25) is 0 Å². The van der Waals surface area contributed by atoms with E-state index in [4.69, 9.17) is 0 Å². The Kier molecular flexibility index (Phi) is 13.2. The van der Waals surface area contributed by atoms with Crippen molar-refractivity contribution in [1.29, 1.82) is 0 Å². The van der Waals surface area contributed by atoms with Gasteiger partial charge in [-0.1, -0.05) is 133 Å². The first-order chi connectivity index (χ1) is 29.4. The minimum absolute atomic E-state index is 0.0145. The summed E-state index contributed by atoms with van der Waals surface area (Å²) in [5.41, 5.74) is 5.88. The molecule has 0 radical (unpaired) electrons. The van der Waals surface area contributed by atoms with Gasteiger partial charge < -0.3 is 20.4 Å². The number of aliphatic hydroxyl groups is 4. The maximum atomic E-state index is 12.8. The number of Topliss-reactive ketones (excluding diaryl/α,β-unsaturated/α-hetero) is 2. The van der Waals surface area contributed by atoms with E-state index < -0.39 is 0 Å². The molecule has 6 heteroatoms. The molecule has 0 unspecified atom stereocenters. The summed E-state index contributed by atoms with van der Waals surface area (Å²) in [7, 11) is 0. The number of rotatable bonds is 8. The number of carbonyl (C=O) groups excluding carboxylic acids is 2.